The van der Waals surface area contributed by atoms with Crippen molar-refractivity contribution in [1.29, 1.82) is 0 Å². The Labute approximate surface area is 139 Å². The van der Waals surface area contributed by atoms with Crippen molar-refractivity contribution in [3.63, 3.8) is 0 Å². The van der Waals surface area contributed by atoms with E-state index in [1.807, 2.05) is 25.1 Å². The van der Waals surface area contributed by atoms with Crippen LogP contribution in [0.2, 0.25) is 0 Å². The highest BCUT2D eigenvalue weighted by molar-refractivity contribution is 5.89. The molecular formula is C18H16N4O2. The van der Waals surface area contributed by atoms with E-state index >= 15 is 0 Å². The van der Waals surface area contributed by atoms with Crippen molar-refractivity contribution in [1.82, 2.24) is 15.0 Å². The standard InChI is InChI=1S/C18H16N4O2/c1-2-16-21-15(14-8-3-4-9-19-14)11-17(22-16)20-13-7-5-6-12(10-13)18(23)24/h3-11H,2H2,1H3,(H,23,24)(H,20,21,22). The van der Waals surface area contributed by atoms with Gasteiger partial charge in [-0.3, -0.25) is 4.98 Å². The summed E-state index contributed by atoms with van der Waals surface area (Å²) in [7, 11) is 0. The zero-order chi connectivity index (χ0) is 16.9. The predicted molar refractivity (Wildman–Crippen MR) is 91.3 cm³/mol. The number of nitrogens with one attached hydrogen (secondary N) is 1. The van der Waals surface area contributed by atoms with E-state index in [0.717, 1.165) is 11.4 Å². The molecule has 1 aromatic carbocycles. The van der Waals surface area contributed by atoms with E-state index in [1.165, 1.54) is 0 Å². The van der Waals surface area contributed by atoms with Crippen molar-refractivity contribution >= 4 is 17.5 Å². The summed E-state index contributed by atoms with van der Waals surface area (Å²) >= 11 is 0. The second-order valence-electron chi connectivity index (χ2n) is 5.13. The Bertz CT molecular complexity index is 866. The Kier molecular flexibility index (Phi) is 4.47. The van der Waals surface area contributed by atoms with Crippen LogP contribution in [0.15, 0.2) is 54.7 Å². The number of aryl methyl sites for hydroxylation is 1. The average Bonchev–Trinajstić information content (AvgIpc) is 2.62. The van der Waals surface area contributed by atoms with Crippen LogP contribution in [0.25, 0.3) is 11.4 Å². The van der Waals surface area contributed by atoms with Crippen LogP contribution in [0.3, 0.4) is 0 Å². The first-order valence-electron chi connectivity index (χ1n) is 7.55. The van der Waals surface area contributed by atoms with Gasteiger partial charge in [0.15, 0.2) is 0 Å². The second-order valence-corrected chi connectivity index (χ2v) is 5.13. The van der Waals surface area contributed by atoms with Crippen LogP contribution in [0.4, 0.5) is 11.5 Å². The van der Waals surface area contributed by atoms with E-state index in [0.29, 0.717) is 23.8 Å². The van der Waals surface area contributed by atoms with Crippen molar-refractivity contribution in [2.45, 2.75) is 13.3 Å². The number of carboxylic acids is 1. The Morgan fingerprint density at radius 3 is 2.67 bits per heavy atom. The van der Waals surface area contributed by atoms with Crippen molar-refractivity contribution in [2.75, 3.05) is 5.32 Å². The summed E-state index contributed by atoms with van der Waals surface area (Å²) < 4.78 is 0. The fraction of sp³-hybridized carbons (Fsp3) is 0.111. The van der Waals surface area contributed by atoms with E-state index in [1.54, 1.807) is 36.5 Å². The summed E-state index contributed by atoms with van der Waals surface area (Å²) in [5, 5.41) is 12.2. The number of hydrogen-bond acceptors (Lipinski definition) is 5. The van der Waals surface area contributed by atoms with Crippen molar-refractivity contribution < 1.29 is 9.90 Å². The van der Waals surface area contributed by atoms with Crippen LogP contribution in [0, 0.1) is 0 Å². The number of carboxylic acid groups (broad SMARTS) is 1. The third kappa shape index (κ3) is 3.55. The summed E-state index contributed by atoms with van der Waals surface area (Å²) in [6, 6.07) is 14.0. The van der Waals surface area contributed by atoms with Crippen molar-refractivity contribution in [3.05, 3.63) is 66.1 Å². The van der Waals surface area contributed by atoms with Gasteiger partial charge in [-0.2, -0.15) is 0 Å². The van der Waals surface area contributed by atoms with Gasteiger partial charge in [-0.1, -0.05) is 19.1 Å². The third-order valence-corrected chi connectivity index (χ3v) is 3.40. The first-order chi connectivity index (χ1) is 11.7. The number of pyridine rings is 1. The van der Waals surface area contributed by atoms with Gasteiger partial charge in [0.05, 0.1) is 17.0 Å². The number of anilines is 2. The highest BCUT2D eigenvalue weighted by Gasteiger charge is 2.08. The molecule has 0 saturated heterocycles. The lowest BCUT2D eigenvalue weighted by Gasteiger charge is -2.10. The Morgan fingerprint density at radius 2 is 1.96 bits per heavy atom. The molecule has 2 N–H and O–H groups in total. The Balaban J connectivity index is 1.96. The van der Waals surface area contributed by atoms with Gasteiger partial charge in [-0.05, 0) is 30.3 Å². The normalized spacial score (nSPS) is 10.4. The van der Waals surface area contributed by atoms with Crippen LogP contribution < -0.4 is 5.32 Å². The van der Waals surface area contributed by atoms with Gasteiger partial charge in [0, 0.05) is 24.4 Å². The molecule has 0 unspecified atom stereocenters. The molecule has 0 radical (unpaired) electrons. The van der Waals surface area contributed by atoms with Gasteiger partial charge < -0.3 is 10.4 Å². The van der Waals surface area contributed by atoms with E-state index in [-0.39, 0.29) is 5.56 Å². The van der Waals surface area contributed by atoms with Crippen LogP contribution in [-0.4, -0.2) is 26.0 Å². The summed E-state index contributed by atoms with van der Waals surface area (Å²) in [4.78, 5) is 24.3. The molecule has 2 heterocycles. The van der Waals surface area contributed by atoms with Crippen molar-refractivity contribution in [2.24, 2.45) is 0 Å². The molecule has 0 saturated carbocycles. The maximum Gasteiger partial charge on any atom is 0.335 e. The summed E-state index contributed by atoms with van der Waals surface area (Å²) in [5.74, 6) is 0.324. The van der Waals surface area contributed by atoms with E-state index in [4.69, 9.17) is 5.11 Å². The molecule has 6 nitrogen and oxygen atoms in total. The van der Waals surface area contributed by atoms with Gasteiger partial charge in [0.1, 0.15) is 11.6 Å². The number of aromatic nitrogens is 3. The maximum atomic E-state index is 11.1. The zero-order valence-electron chi connectivity index (χ0n) is 13.1. The smallest absolute Gasteiger partial charge is 0.335 e. The SMILES string of the molecule is CCc1nc(Nc2cccc(C(=O)O)c2)cc(-c2ccccn2)n1. The molecular weight excluding hydrogens is 304 g/mol. The topological polar surface area (TPSA) is 88.0 Å². The highest BCUT2D eigenvalue weighted by Crippen LogP contribution is 2.21. The summed E-state index contributed by atoms with van der Waals surface area (Å²) in [5.41, 5.74) is 2.36. The molecule has 0 atom stereocenters. The van der Waals surface area contributed by atoms with Gasteiger partial charge in [0.25, 0.3) is 0 Å². The van der Waals surface area contributed by atoms with Gasteiger partial charge in [-0.15, -0.1) is 0 Å². The molecule has 24 heavy (non-hydrogen) atoms. The number of aromatic carboxylic acids is 1. The monoisotopic (exact) mass is 320 g/mol. The summed E-state index contributed by atoms with van der Waals surface area (Å²) in [6.45, 7) is 1.98. The minimum absolute atomic E-state index is 0.217. The highest BCUT2D eigenvalue weighted by atomic mass is 16.4. The molecule has 3 rings (SSSR count). The largest absolute Gasteiger partial charge is 0.478 e. The zero-order valence-corrected chi connectivity index (χ0v) is 13.1. The Hall–Kier alpha value is -3.28. The Morgan fingerprint density at radius 1 is 1.08 bits per heavy atom. The fourth-order valence-corrected chi connectivity index (χ4v) is 2.24. The lowest BCUT2D eigenvalue weighted by molar-refractivity contribution is 0.0697. The van der Waals surface area contributed by atoms with Crippen LogP contribution in [0.1, 0.15) is 23.1 Å². The molecule has 0 amide bonds. The third-order valence-electron chi connectivity index (χ3n) is 3.40. The number of hydrogen-bond donors (Lipinski definition) is 2. The van der Waals surface area contributed by atoms with Crippen LogP contribution in [-0.2, 0) is 6.42 Å². The number of nitrogens with zero attached hydrogens (tertiary/aromatic N) is 3. The number of carbonyl (C=O) groups is 1. The molecule has 6 heteroatoms. The molecule has 120 valence electrons. The number of benzene rings is 1. The van der Waals surface area contributed by atoms with Crippen LogP contribution in [0.5, 0.6) is 0 Å². The molecule has 2 aromatic heterocycles. The predicted octanol–water partition coefficient (Wildman–Crippen LogP) is 3.54. The minimum Gasteiger partial charge on any atom is -0.478 e. The maximum absolute atomic E-state index is 11.1. The first kappa shape index (κ1) is 15.6. The average molecular weight is 320 g/mol. The minimum atomic E-state index is -0.968. The molecule has 0 aliphatic carbocycles. The number of rotatable bonds is 5. The fourth-order valence-electron chi connectivity index (χ4n) is 2.24. The van der Waals surface area contributed by atoms with Crippen LogP contribution >= 0.6 is 0 Å². The lowest BCUT2D eigenvalue weighted by Crippen LogP contribution is -2.03. The van der Waals surface area contributed by atoms with E-state index in [2.05, 4.69) is 20.3 Å². The van der Waals surface area contributed by atoms with E-state index in [9.17, 15) is 4.79 Å². The molecule has 0 aliphatic heterocycles. The lowest BCUT2D eigenvalue weighted by atomic mass is 10.2. The first-order valence-corrected chi connectivity index (χ1v) is 7.55. The quantitative estimate of drug-likeness (QED) is 0.747. The van der Waals surface area contributed by atoms with Gasteiger partial charge >= 0.3 is 5.97 Å². The van der Waals surface area contributed by atoms with Gasteiger partial charge in [-0.25, -0.2) is 14.8 Å². The molecule has 0 aliphatic rings. The summed E-state index contributed by atoms with van der Waals surface area (Å²) in [6.07, 6.45) is 2.40. The molecule has 3 aromatic rings. The van der Waals surface area contributed by atoms with E-state index < -0.39 is 5.97 Å². The molecule has 0 fully saturated rings. The molecule has 0 spiro atoms. The second kappa shape index (κ2) is 6.87. The van der Waals surface area contributed by atoms with Gasteiger partial charge in [0.2, 0.25) is 0 Å². The van der Waals surface area contributed by atoms with Crippen molar-refractivity contribution in [3.8, 4) is 11.4 Å². The molecule has 0 bridgehead atoms.